The standard InChI is InChI=1S/C124H117B3N6O3/c1-68-30-69(2)39-87(38-68)128(88-40-70(3)31-71(4)41-88)95-58-109-118-110(59-95)133-106-28-26-84(122(17,18)19)54-98(106)99-55-86(124(23,24)25)57-105(121(99)133)126(118)101-65-104-114(67-108(101)131(109)93-50-80(13)36-81(14)51-93)136-117-63-97(130(91-46-76(9)34-77(10)47-91)92-48-78(11)35-79(12)49-92)62-116-120(117)127(104)103-64-100-107(66-113(103)135-116)132(94-52-82(15)37-83(16)53-94)111-60-96(61-115-119(111)125(100)102-56-85(123(20,21)22)27-29-112(102)134-115)129(89-42-72(5)32-73(6)43-89)90-44-74(7)33-75(8)45-90/h26-67H,1-25H3. The molecule has 0 unspecified atom stereocenters. The molecule has 9 nitrogen and oxygen atoms in total. The van der Waals surface area contributed by atoms with Gasteiger partial charge >= 0.3 is 0 Å². The van der Waals surface area contributed by atoms with Crippen molar-refractivity contribution < 1.29 is 14.2 Å². The van der Waals surface area contributed by atoms with Crippen LogP contribution in [0.5, 0.6) is 34.5 Å². The third kappa shape index (κ3) is 14.2. The second-order valence-electron chi connectivity index (χ2n) is 44.1. The van der Waals surface area contributed by atoms with Crippen LogP contribution in [-0.4, -0.2) is 24.7 Å². The molecule has 1 aromatic heterocycles. The van der Waals surface area contributed by atoms with Gasteiger partial charge in [0.15, 0.2) is 0 Å². The van der Waals surface area contributed by atoms with Gasteiger partial charge in [-0.25, -0.2) is 0 Å². The fourth-order valence-corrected chi connectivity index (χ4v) is 24.0. The molecule has 0 amide bonds. The Morgan fingerprint density at radius 3 is 0.890 bits per heavy atom. The predicted octanol–water partition coefficient (Wildman–Crippen LogP) is 27.8. The van der Waals surface area contributed by atoms with Gasteiger partial charge in [-0.15, -0.1) is 0 Å². The fraction of sp³-hybridized carbons (Fsp3) is 0.226. The molecule has 7 heterocycles. The fourth-order valence-electron chi connectivity index (χ4n) is 24.0. The zero-order valence-corrected chi connectivity index (χ0v) is 83.4. The van der Waals surface area contributed by atoms with Gasteiger partial charge < -0.3 is 43.3 Å². The molecule has 12 heteroatoms. The molecule has 0 saturated heterocycles. The lowest BCUT2D eigenvalue weighted by molar-refractivity contribution is 0.465. The first-order valence-electron chi connectivity index (χ1n) is 48.6. The molecule has 16 aromatic carbocycles. The van der Waals surface area contributed by atoms with Gasteiger partial charge in [0.25, 0.3) is 20.1 Å². The summed E-state index contributed by atoms with van der Waals surface area (Å²) in [6, 6.07) is 100. The zero-order chi connectivity index (χ0) is 94.7. The molecule has 0 atom stereocenters. The normalized spacial score (nSPS) is 13.4. The van der Waals surface area contributed by atoms with Gasteiger partial charge in [-0.05, 0) is 416 Å². The van der Waals surface area contributed by atoms with Crippen LogP contribution < -0.4 is 87.9 Å². The molecule has 6 aliphatic rings. The maximum absolute atomic E-state index is 8.23. The quantitative estimate of drug-likeness (QED) is 0.119. The van der Waals surface area contributed by atoms with Crippen molar-refractivity contribution >= 4 is 176 Å². The molecule has 0 fully saturated rings. The first kappa shape index (κ1) is 86.1. The summed E-state index contributed by atoms with van der Waals surface area (Å²) in [5.41, 5.74) is 51.8. The van der Waals surface area contributed by atoms with Crippen molar-refractivity contribution in [3.8, 4) is 40.2 Å². The van der Waals surface area contributed by atoms with Gasteiger partial charge in [0.05, 0.1) is 22.6 Å². The first-order valence-corrected chi connectivity index (χ1v) is 48.6. The number of nitrogens with zero attached hydrogens (tertiary/aromatic N) is 6. The number of rotatable bonds is 11. The molecule has 136 heavy (non-hydrogen) atoms. The number of anilines is 15. The van der Waals surface area contributed by atoms with Crippen molar-refractivity contribution in [1.82, 2.24) is 4.57 Å². The van der Waals surface area contributed by atoms with Crippen LogP contribution >= 0.6 is 0 Å². The number of ether oxygens (including phenoxy) is 3. The van der Waals surface area contributed by atoms with E-state index in [1.807, 2.05) is 0 Å². The second kappa shape index (κ2) is 30.7. The van der Waals surface area contributed by atoms with E-state index in [0.717, 1.165) is 169 Å². The Hall–Kier alpha value is -14.1. The minimum absolute atomic E-state index is 0.128. The highest BCUT2D eigenvalue weighted by molar-refractivity contribution is 7.03. The van der Waals surface area contributed by atoms with E-state index in [-0.39, 0.29) is 29.7 Å². The van der Waals surface area contributed by atoms with Crippen molar-refractivity contribution in [1.29, 1.82) is 0 Å². The van der Waals surface area contributed by atoms with Crippen LogP contribution in [0.25, 0.3) is 27.5 Å². The third-order valence-electron chi connectivity index (χ3n) is 29.2. The number of benzene rings is 16. The molecule has 6 aliphatic heterocycles. The number of aromatic nitrogens is 1. The molecule has 17 aromatic rings. The molecule has 0 radical (unpaired) electrons. The predicted molar refractivity (Wildman–Crippen MR) is 580 cm³/mol. The zero-order valence-electron chi connectivity index (χ0n) is 83.4. The van der Waals surface area contributed by atoms with Crippen LogP contribution in [-0.2, 0) is 16.2 Å². The summed E-state index contributed by atoms with van der Waals surface area (Å²) in [7, 11) is 0. The lowest BCUT2D eigenvalue weighted by Gasteiger charge is -2.44. The molecule has 0 saturated carbocycles. The minimum atomic E-state index is -0.450. The Morgan fingerprint density at radius 2 is 0.500 bits per heavy atom. The largest absolute Gasteiger partial charge is 0.458 e. The molecule has 0 aliphatic carbocycles. The van der Waals surface area contributed by atoms with E-state index in [1.54, 1.807) is 0 Å². The monoisotopic (exact) mass is 1770 g/mol. The van der Waals surface area contributed by atoms with E-state index < -0.39 is 6.71 Å². The first-order chi connectivity index (χ1) is 64.7. The van der Waals surface area contributed by atoms with E-state index in [2.05, 4.69) is 457 Å². The average molecular weight is 1770 g/mol. The van der Waals surface area contributed by atoms with E-state index in [9.17, 15) is 0 Å². The Morgan fingerprint density at radius 1 is 0.213 bits per heavy atom. The number of fused-ring (bicyclic) bond motifs is 15. The minimum Gasteiger partial charge on any atom is -0.458 e. The van der Waals surface area contributed by atoms with Gasteiger partial charge in [-0.1, -0.05) is 147 Å². The average Bonchev–Trinajstić information content (AvgIpc) is 1.35. The summed E-state index contributed by atoms with van der Waals surface area (Å²) in [6.45, 7) is 55.8. The highest BCUT2D eigenvalue weighted by atomic mass is 16.5. The number of hydrogen-bond donors (Lipinski definition) is 0. The third-order valence-corrected chi connectivity index (χ3v) is 29.2. The van der Waals surface area contributed by atoms with Crippen LogP contribution in [0.1, 0.15) is 168 Å². The van der Waals surface area contributed by atoms with Gasteiger partial charge in [0.1, 0.15) is 34.5 Å². The molecule has 670 valence electrons. The van der Waals surface area contributed by atoms with Crippen LogP contribution in [0.4, 0.5) is 85.3 Å². The summed E-state index contributed by atoms with van der Waals surface area (Å²) in [5.74, 6) is 4.68. The number of aryl methyl sites for hydroxylation is 16. The van der Waals surface area contributed by atoms with Crippen molar-refractivity contribution in [3.05, 3.63) is 360 Å². The summed E-state index contributed by atoms with van der Waals surface area (Å²) in [5, 5.41) is 2.51. The Kier molecular flexibility index (Phi) is 19.4. The molecular weight excluding hydrogens is 1650 g/mol. The van der Waals surface area contributed by atoms with Crippen LogP contribution in [0.15, 0.2) is 255 Å². The molecule has 0 spiro atoms. The smallest absolute Gasteiger partial charge is 0.260 e. The lowest BCUT2D eigenvalue weighted by atomic mass is 9.29. The van der Waals surface area contributed by atoms with E-state index in [0.29, 0.717) is 0 Å². The summed E-state index contributed by atoms with van der Waals surface area (Å²) in [4.78, 5) is 12.6. The van der Waals surface area contributed by atoms with E-state index in [1.165, 1.54) is 133 Å². The summed E-state index contributed by atoms with van der Waals surface area (Å²) >= 11 is 0. The molecule has 0 bridgehead atoms. The lowest BCUT2D eigenvalue weighted by Crippen LogP contribution is -2.64. The van der Waals surface area contributed by atoms with Crippen LogP contribution in [0, 0.1) is 111 Å². The van der Waals surface area contributed by atoms with Crippen molar-refractivity contribution in [3.63, 3.8) is 0 Å². The van der Waals surface area contributed by atoms with Crippen LogP contribution in [0.2, 0.25) is 0 Å². The Balaban J connectivity index is 0.848. The van der Waals surface area contributed by atoms with Crippen LogP contribution in [0.3, 0.4) is 0 Å². The van der Waals surface area contributed by atoms with Gasteiger partial charge in [0, 0.05) is 126 Å². The Bertz CT molecular complexity index is 7770. The highest BCUT2D eigenvalue weighted by Crippen LogP contribution is 2.54. The van der Waals surface area contributed by atoms with Gasteiger partial charge in [-0.3, -0.25) is 0 Å². The van der Waals surface area contributed by atoms with E-state index >= 15 is 0 Å². The van der Waals surface area contributed by atoms with Gasteiger partial charge in [0.2, 0.25) is 0 Å². The molecular formula is C124H117B3N6O3. The highest BCUT2D eigenvalue weighted by Gasteiger charge is 2.51. The topological polar surface area (TPSA) is 48.8 Å². The number of hydrogen-bond acceptors (Lipinski definition) is 8. The van der Waals surface area contributed by atoms with Gasteiger partial charge in [-0.2, -0.15) is 0 Å². The molecule has 0 N–H and O–H groups in total. The molecule has 23 rings (SSSR count). The van der Waals surface area contributed by atoms with E-state index in [4.69, 9.17) is 14.2 Å². The van der Waals surface area contributed by atoms with Crippen molar-refractivity contribution in [2.24, 2.45) is 0 Å². The maximum Gasteiger partial charge on any atom is 0.260 e. The van der Waals surface area contributed by atoms with Crippen molar-refractivity contribution in [2.45, 2.75) is 189 Å². The Labute approximate surface area is 804 Å². The van der Waals surface area contributed by atoms with Crippen molar-refractivity contribution in [2.75, 3.05) is 24.5 Å². The summed E-state index contributed by atoms with van der Waals surface area (Å²) in [6.07, 6.45) is 0. The second-order valence-corrected chi connectivity index (χ2v) is 44.1. The SMILES string of the molecule is Cc1cc(C)cc(N(c2cc(C)cc(C)c2)c2cc3c4c(c2)Oc2cc5c(cc2B4c2cc4c(cc2O3)N(c2cc(C)cc(C)c2)c2cc(N(c3cc(C)cc(C)c3)c3cc(C)cc(C)c3)cc3c2B4c2cc(C(C)(C)C)ccc2O3)B2c3c(cc(N(c4cc(C)cc(C)c4)c4cc(C)cc(C)c4)cc3-n3c4ccc(C(C)(C)C)cc4c4cc(C(C)(C)C)cc2c43)N5c2cc(C)cc(C)c2)c1. The maximum atomic E-state index is 8.23. The summed E-state index contributed by atoms with van der Waals surface area (Å²) < 4.78 is 26.8.